The predicted molar refractivity (Wildman–Crippen MR) is 86.7 cm³/mol. The molecular formula is C19H24O2. The van der Waals surface area contributed by atoms with Crippen molar-refractivity contribution >= 4 is 0 Å². The van der Waals surface area contributed by atoms with Gasteiger partial charge in [0.15, 0.2) is 0 Å². The summed E-state index contributed by atoms with van der Waals surface area (Å²) in [6, 6.07) is 18.6. The van der Waals surface area contributed by atoms with Gasteiger partial charge in [-0.3, -0.25) is 0 Å². The summed E-state index contributed by atoms with van der Waals surface area (Å²) in [4.78, 5) is 0. The number of rotatable bonds is 7. The monoisotopic (exact) mass is 284 g/mol. The molecule has 112 valence electrons. The van der Waals surface area contributed by atoms with Crippen molar-refractivity contribution in [2.75, 3.05) is 13.2 Å². The molecule has 0 saturated heterocycles. The van der Waals surface area contributed by atoms with E-state index in [0.29, 0.717) is 19.8 Å². The number of benzene rings is 2. The van der Waals surface area contributed by atoms with E-state index in [9.17, 15) is 0 Å². The Morgan fingerprint density at radius 1 is 0.905 bits per heavy atom. The molecular weight excluding hydrogens is 260 g/mol. The standard InChI is InChI=1S/C19H24O2/c1-4-21-18-12-10-17(11-13-18)19(2,3)15-20-14-16-8-6-5-7-9-16/h5-13H,4,14-15H2,1-3H3. The van der Waals surface area contributed by atoms with Gasteiger partial charge in [-0.2, -0.15) is 0 Å². The average molecular weight is 284 g/mol. The highest BCUT2D eigenvalue weighted by molar-refractivity contribution is 5.31. The van der Waals surface area contributed by atoms with E-state index in [4.69, 9.17) is 9.47 Å². The molecule has 2 heteroatoms. The van der Waals surface area contributed by atoms with Crippen molar-refractivity contribution in [2.24, 2.45) is 0 Å². The van der Waals surface area contributed by atoms with Gasteiger partial charge in [0.05, 0.1) is 19.8 Å². The quantitative estimate of drug-likeness (QED) is 0.741. The minimum absolute atomic E-state index is 0.0144. The van der Waals surface area contributed by atoms with Crippen LogP contribution in [-0.2, 0) is 16.8 Å². The van der Waals surface area contributed by atoms with Gasteiger partial charge in [-0.25, -0.2) is 0 Å². The fourth-order valence-electron chi connectivity index (χ4n) is 2.25. The molecule has 2 aromatic rings. The molecule has 2 aromatic carbocycles. The first-order chi connectivity index (χ1) is 10.1. The Kier molecular flexibility index (Phi) is 5.40. The lowest BCUT2D eigenvalue weighted by molar-refractivity contribution is 0.0825. The van der Waals surface area contributed by atoms with E-state index >= 15 is 0 Å². The Hall–Kier alpha value is -1.80. The lowest BCUT2D eigenvalue weighted by Crippen LogP contribution is -2.24. The first-order valence-corrected chi connectivity index (χ1v) is 7.47. The van der Waals surface area contributed by atoms with Crippen molar-refractivity contribution in [3.63, 3.8) is 0 Å². The van der Waals surface area contributed by atoms with Crippen molar-refractivity contribution < 1.29 is 9.47 Å². The van der Waals surface area contributed by atoms with Crippen molar-refractivity contribution in [3.05, 3.63) is 65.7 Å². The summed E-state index contributed by atoms with van der Waals surface area (Å²) in [5.74, 6) is 0.919. The van der Waals surface area contributed by atoms with Crippen LogP contribution in [0.25, 0.3) is 0 Å². The molecule has 0 bridgehead atoms. The van der Waals surface area contributed by atoms with Gasteiger partial charge in [0.2, 0.25) is 0 Å². The predicted octanol–water partition coefficient (Wildman–Crippen LogP) is 4.58. The maximum absolute atomic E-state index is 5.89. The smallest absolute Gasteiger partial charge is 0.119 e. The molecule has 2 nitrogen and oxygen atoms in total. The lowest BCUT2D eigenvalue weighted by Gasteiger charge is -2.25. The summed E-state index contributed by atoms with van der Waals surface area (Å²) in [6.07, 6.45) is 0. The first-order valence-electron chi connectivity index (χ1n) is 7.47. The molecule has 0 spiro atoms. The molecule has 21 heavy (non-hydrogen) atoms. The second kappa shape index (κ2) is 7.28. The summed E-state index contributed by atoms with van der Waals surface area (Å²) in [7, 11) is 0. The molecule has 0 atom stereocenters. The van der Waals surface area contributed by atoms with Crippen LogP contribution in [0.5, 0.6) is 5.75 Å². The van der Waals surface area contributed by atoms with Crippen molar-refractivity contribution in [2.45, 2.75) is 32.8 Å². The van der Waals surface area contributed by atoms with Crippen molar-refractivity contribution in [1.29, 1.82) is 0 Å². The Labute approximate surface area is 127 Å². The second-order valence-electron chi connectivity index (χ2n) is 5.82. The normalized spacial score (nSPS) is 11.4. The Balaban J connectivity index is 1.91. The zero-order valence-electron chi connectivity index (χ0n) is 13.1. The molecule has 0 heterocycles. The van der Waals surface area contributed by atoms with Gasteiger partial charge in [-0.05, 0) is 30.2 Å². The van der Waals surface area contributed by atoms with Crippen LogP contribution in [0.1, 0.15) is 31.9 Å². The van der Waals surface area contributed by atoms with Gasteiger partial charge in [0.1, 0.15) is 5.75 Å². The number of ether oxygens (including phenoxy) is 2. The van der Waals surface area contributed by atoms with Crippen molar-refractivity contribution in [3.8, 4) is 5.75 Å². The second-order valence-corrected chi connectivity index (χ2v) is 5.82. The van der Waals surface area contributed by atoms with E-state index in [1.165, 1.54) is 11.1 Å². The van der Waals surface area contributed by atoms with Crippen LogP contribution >= 0.6 is 0 Å². The highest BCUT2D eigenvalue weighted by Gasteiger charge is 2.20. The van der Waals surface area contributed by atoms with E-state index in [1.807, 2.05) is 37.3 Å². The van der Waals surface area contributed by atoms with E-state index in [1.54, 1.807) is 0 Å². The van der Waals surface area contributed by atoms with E-state index in [0.717, 1.165) is 5.75 Å². The molecule has 2 rings (SSSR count). The van der Waals surface area contributed by atoms with Gasteiger partial charge in [0.25, 0.3) is 0 Å². The SMILES string of the molecule is CCOc1ccc(C(C)(C)COCc2ccccc2)cc1. The van der Waals surface area contributed by atoms with Crippen LogP contribution in [0.4, 0.5) is 0 Å². The highest BCUT2D eigenvalue weighted by Crippen LogP contribution is 2.26. The molecule has 0 fully saturated rings. The van der Waals surface area contributed by atoms with Crippen LogP contribution in [0, 0.1) is 0 Å². The zero-order chi connectivity index (χ0) is 15.1. The topological polar surface area (TPSA) is 18.5 Å². The minimum Gasteiger partial charge on any atom is -0.494 e. The summed E-state index contributed by atoms with van der Waals surface area (Å²) >= 11 is 0. The van der Waals surface area contributed by atoms with Gasteiger partial charge < -0.3 is 9.47 Å². The Bertz CT molecular complexity index is 529. The third kappa shape index (κ3) is 4.61. The van der Waals surface area contributed by atoms with Crippen LogP contribution in [0.15, 0.2) is 54.6 Å². The van der Waals surface area contributed by atoms with Crippen LogP contribution < -0.4 is 4.74 Å². The Morgan fingerprint density at radius 3 is 2.19 bits per heavy atom. The fraction of sp³-hybridized carbons (Fsp3) is 0.368. The fourth-order valence-corrected chi connectivity index (χ4v) is 2.25. The van der Waals surface area contributed by atoms with Gasteiger partial charge in [-0.15, -0.1) is 0 Å². The zero-order valence-corrected chi connectivity index (χ0v) is 13.1. The third-order valence-corrected chi connectivity index (χ3v) is 3.52. The summed E-state index contributed by atoms with van der Waals surface area (Å²) in [5.41, 5.74) is 2.46. The molecule has 0 unspecified atom stereocenters. The van der Waals surface area contributed by atoms with Crippen LogP contribution in [-0.4, -0.2) is 13.2 Å². The van der Waals surface area contributed by atoms with E-state index in [2.05, 4.69) is 38.1 Å². The van der Waals surface area contributed by atoms with Gasteiger partial charge >= 0.3 is 0 Å². The highest BCUT2D eigenvalue weighted by atomic mass is 16.5. The summed E-state index contributed by atoms with van der Waals surface area (Å²) < 4.78 is 11.4. The average Bonchev–Trinajstić information content (AvgIpc) is 2.49. The number of hydrogen-bond donors (Lipinski definition) is 0. The van der Waals surface area contributed by atoms with Crippen molar-refractivity contribution in [1.82, 2.24) is 0 Å². The van der Waals surface area contributed by atoms with Crippen LogP contribution in [0.2, 0.25) is 0 Å². The third-order valence-electron chi connectivity index (χ3n) is 3.52. The molecule has 0 aliphatic rings. The molecule has 0 N–H and O–H groups in total. The largest absolute Gasteiger partial charge is 0.494 e. The minimum atomic E-state index is -0.0144. The molecule has 0 radical (unpaired) electrons. The van der Waals surface area contributed by atoms with E-state index < -0.39 is 0 Å². The molecule has 0 aromatic heterocycles. The molecule has 0 aliphatic heterocycles. The first kappa shape index (κ1) is 15.6. The Morgan fingerprint density at radius 2 is 1.57 bits per heavy atom. The molecule has 0 aliphatic carbocycles. The maximum atomic E-state index is 5.89. The summed E-state index contributed by atoms with van der Waals surface area (Å²) in [6.45, 7) is 8.44. The number of hydrogen-bond acceptors (Lipinski definition) is 2. The van der Waals surface area contributed by atoms with Gasteiger partial charge in [-0.1, -0.05) is 56.3 Å². The molecule has 0 amide bonds. The van der Waals surface area contributed by atoms with Crippen LogP contribution in [0.3, 0.4) is 0 Å². The molecule has 0 saturated carbocycles. The maximum Gasteiger partial charge on any atom is 0.119 e. The lowest BCUT2D eigenvalue weighted by atomic mass is 9.85. The van der Waals surface area contributed by atoms with E-state index in [-0.39, 0.29) is 5.41 Å². The van der Waals surface area contributed by atoms with Gasteiger partial charge in [0, 0.05) is 5.41 Å². The summed E-state index contributed by atoms with van der Waals surface area (Å²) in [5, 5.41) is 0.